The van der Waals surface area contributed by atoms with E-state index in [2.05, 4.69) is 9.47 Å². The molecule has 4 nitrogen and oxygen atoms in total. The fraction of sp³-hybridized carbons (Fsp3) is 0.429. The Kier molecular flexibility index (Phi) is 5.35. The lowest BCUT2D eigenvalue weighted by molar-refractivity contribution is -0.167. The molecular formula is C7H7F3O4. The van der Waals surface area contributed by atoms with Crippen LogP contribution < -0.4 is 0 Å². The molecule has 0 heterocycles. The first-order chi connectivity index (χ1) is 6.49. The molecule has 0 amide bonds. The summed E-state index contributed by atoms with van der Waals surface area (Å²) in [6, 6.07) is 0. The van der Waals surface area contributed by atoms with E-state index < -0.39 is 30.5 Å². The second-order valence-electron chi connectivity index (χ2n) is 1.96. The summed E-state index contributed by atoms with van der Waals surface area (Å²) in [5.74, 6) is -4.76. The van der Waals surface area contributed by atoms with Crippen molar-refractivity contribution in [2.24, 2.45) is 0 Å². The van der Waals surface area contributed by atoms with E-state index in [1.165, 1.54) is 6.92 Å². The van der Waals surface area contributed by atoms with Gasteiger partial charge in [-0.15, -0.1) is 0 Å². The van der Waals surface area contributed by atoms with Gasteiger partial charge >= 0.3 is 18.0 Å². The zero-order chi connectivity index (χ0) is 11.1. The number of hydrogen-bond acceptors (Lipinski definition) is 4. The third kappa shape index (κ3) is 4.48. The Morgan fingerprint density at radius 2 is 1.57 bits per heavy atom. The van der Waals surface area contributed by atoms with Crippen LogP contribution >= 0.6 is 0 Å². The van der Waals surface area contributed by atoms with Gasteiger partial charge in [-0.1, -0.05) is 0 Å². The van der Waals surface area contributed by atoms with Gasteiger partial charge in [-0.3, -0.25) is 0 Å². The first kappa shape index (κ1) is 12.5. The van der Waals surface area contributed by atoms with Crippen molar-refractivity contribution in [1.82, 2.24) is 0 Å². The molecule has 0 saturated carbocycles. The van der Waals surface area contributed by atoms with E-state index >= 15 is 0 Å². The molecule has 0 unspecified atom stereocenters. The van der Waals surface area contributed by atoms with Gasteiger partial charge < -0.3 is 9.47 Å². The zero-order valence-electron chi connectivity index (χ0n) is 7.18. The molecule has 0 aliphatic carbocycles. The Hall–Kier alpha value is -1.53. The summed E-state index contributed by atoms with van der Waals surface area (Å²) >= 11 is 0. The van der Waals surface area contributed by atoms with E-state index in [0.29, 0.717) is 0 Å². The van der Waals surface area contributed by atoms with Crippen LogP contribution in [0.4, 0.5) is 13.2 Å². The van der Waals surface area contributed by atoms with Gasteiger partial charge in [0.1, 0.15) is 6.61 Å². The second-order valence-corrected chi connectivity index (χ2v) is 1.96. The highest BCUT2D eigenvalue weighted by Crippen LogP contribution is 2.08. The van der Waals surface area contributed by atoms with Crippen molar-refractivity contribution < 1.29 is 32.2 Å². The standard InChI is InChI=1S/C7H7F3O4/c1-2-13-6(11)7(12)14-3-4(8)5(9)10/h2-3H2,1H3. The molecule has 0 atom stereocenters. The fourth-order valence-corrected chi connectivity index (χ4v) is 0.432. The minimum atomic E-state index is -2.60. The second kappa shape index (κ2) is 6.01. The summed E-state index contributed by atoms with van der Waals surface area (Å²) in [7, 11) is 0. The van der Waals surface area contributed by atoms with Crippen LogP contribution in [-0.4, -0.2) is 25.2 Å². The molecule has 0 rings (SSSR count). The molecule has 0 aromatic heterocycles. The maximum atomic E-state index is 12.0. The lowest BCUT2D eigenvalue weighted by atomic mass is 10.6. The maximum absolute atomic E-state index is 12.0. The molecule has 0 aliphatic heterocycles. The molecule has 0 N–H and O–H groups in total. The van der Waals surface area contributed by atoms with Crippen molar-refractivity contribution in [3.8, 4) is 0 Å². The summed E-state index contributed by atoms with van der Waals surface area (Å²) in [5, 5.41) is 0. The van der Waals surface area contributed by atoms with Gasteiger partial charge in [-0.05, 0) is 6.92 Å². The molecule has 0 aliphatic rings. The smallest absolute Gasteiger partial charge is 0.417 e. The average molecular weight is 212 g/mol. The van der Waals surface area contributed by atoms with Crippen molar-refractivity contribution in [1.29, 1.82) is 0 Å². The topological polar surface area (TPSA) is 52.6 Å². The highest BCUT2D eigenvalue weighted by Gasteiger charge is 2.18. The van der Waals surface area contributed by atoms with Crippen LogP contribution in [0.1, 0.15) is 6.92 Å². The number of ether oxygens (including phenoxy) is 2. The van der Waals surface area contributed by atoms with E-state index in [9.17, 15) is 22.8 Å². The third-order valence-corrected chi connectivity index (χ3v) is 0.977. The van der Waals surface area contributed by atoms with Gasteiger partial charge in [-0.25, -0.2) is 14.0 Å². The Morgan fingerprint density at radius 3 is 2.00 bits per heavy atom. The Balaban J connectivity index is 3.98. The van der Waals surface area contributed by atoms with Crippen LogP contribution in [-0.2, 0) is 19.1 Å². The molecule has 0 aromatic carbocycles. The lowest BCUT2D eigenvalue weighted by Crippen LogP contribution is -2.20. The Bertz CT molecular complexity index is 258. The van der Waals surface area contributed by atoms with E-state index in [1.807, 2.05) is 0 Å². The zero-order valence-corrected chi connectivity index (χ0v) is 7.18. The summed E-state index contributed by atoms with van der Waals surface area (Å²) in [4.78, 5) is 21.0. The number of rotatable bonds is 3. The Labute approximate surface area is 77.3 Å². The normalized spacial score (nSPS) is 9.14. The predicted octanol–water partition coefficient (Wildman–Crippen LogP) is 1.17. The van der Waals surface area contributed by atoms with Crippen molar-refractivity contribution in [2.75, 3.05) is 13.2 Å². The van der Waals surface area contributed by atoms with Crippen LogP contribution in [0.5, 0.6) is 0 Å². The van der Waals surface area contributed by atoms with E-state index in [0.717, 1.165) is 0 Å². The molecule has 14 heavy (non-hydrogen) atoms. The SMILES string of the molecule is CCOC(=O)C(=O)OCC(F)=C(F)F. The summed E-state index contributed by atoms with van der Waals surface area (Å²) in [6.45, 7) is 0.0939. The van der Waals surface area contributed by atoms with Gasteiger partial charge in [0, 0.05) is 0 Å². The van der Waals surface area contributed by atoms with E-state index in [4.69, 9.17) is 0 Å². The first-order valence-electron chi connectivity index (χ1n) is 3.52. The minimum Gasteiger partial charge on any atom is -0.458 e. The van der Waals surface area contributed by atoms with Crippen LogP contribution in [0, 0.1) is 0 Å². The van der Waals surface area contributed by atoms with Gasteiger partial charge in [0.25, 0.3) is 0 Å². The summed E-state index contributed by atoms with van der Waals surface area (Å²) in [6.07, 6.45) is -2.60. The monoisotopic (exact) mass is 212 g/mol. The number of esters is 2. The van der Waals surface area contributed by atoms with Gasteiger partial charge in [0.05, 0.1) is 6.61 Å². The molecule has 7 heteroatoms. The maximum Gasteiger partial charge on any atom is 0.417 e. The average Bonchev–Trinajstić information content (AvgIpc) is 2.13. The fourth-order valence-electron chi connectivity index (χ4n) is 0.432. The molecule has 0 aromatic rings. The molecule has 0 saturated heterocycles. The molecule has 0 bridgehead atoms. The molecule has 0 spiro atoms. The van der Waals surface area contributed by atoms with Gasteiger partial charge in [0.15, 0.2) is 0 Å². The lowest BCUT2D eigenvalue weighted by Gasteiger charge is -2.01. The van der Waals surface area contributed by atoms with Gasteiger partial charge in [0.2, 0.25) is 5.83 Å². The van der Waals surface area contributed by atoms with Crippen molar-refractivity contribution in [3.05, 3.63) is 11.9 Å². The quantitative estimate of drug-likeness (QED) is 0.520. The van der Waals surface area contributed by atoms with Crippen molar-refractivity contribution in [2.45, 2.75) is 6.92 Å². The summed E-state index contributed by atoms with van der Waals surface area (Å²) in [5.41, 5.74) is 0. The third-order valence-electron chi connectivity index (χ3n) is 0.977. The molecule has 0 radical (unpaired) electrons. The highest BCUT2D eigenvalue weighted by molar-refractivity contribution is 6.29. The molecule has 80 valence electrons. The highest BCUT2D eigenvalue weighted by atomic mass is 19.3. The first-order valence-corrected chi connectivity index (χ1v) is 3.52. The molecule has 0 fully saturated rings. The van der Waals surface area contributed by atoms with Crippen LogP contribution in [0.25, 0.3) is 0 Å². The molecular weight excluding hydrogens is 205 g/mol. The van der Waals surface area contributed by atoms with E-state index in [-0.39, 0.29) is 6.61 Å². The van der Waals surface area contributed by atoms with Crippen LogP contribution in [0.3, 0.4) is 0 Å². The minimum absolute atomic E-state index is 0.0657. The summed E-state index contributed by atoms with van der Waals surface area (Å²) < 4.78 is 42.9. The van der Waals surface area contributed by atoms with Crippen LogP contribution in [0.2, 0.25) is 0 Å². The van der Waals surface area contributed by atoms with Crippen molar-refractivity contribution in [3.63, 3.8) is 0 Å². The number of halogens is 3. The number of carbonyl (C=O) groups excluding carboxylic acids is 2. The van der Waals surface area contributed by atoms with Crippen molar-refractivity contribution >= 4 is 11.9 Å². The van der Waals surface area contributed by atoms with Gasteiger partial charge in [-0.2, -0.15) is 8.78 Å². The van der Waals surface area contributed by atoms with Crippen LogP contribution in [0.15, 0.2) is 11.9 Å². The van der Waals surface area contributed by atoms with E-state index in [1.54, 1.807) is 0 Å². The number of carbonyl (C=O) groups is 2. The largest absolute Gasteiger partial charge is 0.458 e. The predicted molar refractivity (Wildman–Crippen MR) is 37.9 cm³/mol. The number of hydrogen-bond donors (Lipinski definition) is 0. The Morgan fingerprint density at radius 1 is 1.07 bits per heavy atom.